The molecule has 0 unspecified atom stereocenters. The molecule has 5 heteroatoms. The Bertz CT molecular complexity index is 794. The van der Waals surface area contributed by atoms with Crippen molar-refractivity contribution in [3.05, 3.63) is 71.5 Å². The average molecular weight is 399 g/mol. The molecule has 0 saturated heterocycles. The first kappa shape index (κ1) is 22.6. The molecule has 0 radical (unpaired) electrons. The topological polar surface area (TPSA) is 49.4 Å². The van der Waals surface area contributed by atoms with Crippen molar-refractivity contribution in [3.63, 3.8) is 0 Å². The van der Waals surface area contributed by atoms with Gasteiger partial charge in [-0.05, 0) is 31.4 Å². The summed E-state index contributed by atoms with van der Waals surface area (Å²) in [6.45, 7) is 5.92. The van der Waals surface area contributed by atoms with Crippen LogP contribution >= 0.6 is 0 Å². The second kappa shape index (κ2) is 11.3. The summed E-state index contributed by atoms with van der Waals surface area (Å²) in [4.78, 5) is 27.7. The highest BCUT2D eigenvalue weighted by atomic mass is 19.1. The van der Waals surface area contributed by atoms with Crippen LogP contribution in [0.5, 0.6) is 0 Å². The van der Waals surface area contributed by atoms with Crippen LogP contribution in [0.4, 0.5) is 4.39 Å². The number of hydrogen-bond acceptors (Lipinski definition) is 2. The smallest absolute Gasteiger partial charge is 0.243 e. The first-order chi connectivity index (χ1) is 14.0. The monoisotopic (exact) mass is 398 g/mol. The predicted molar refractivity (Wildman–Crippen MR) is 114 cm³/mol. The van der Waals surface area contributed by atoms with Crippen molar-refractivity contribution in [2.24, 2.45) is 0 Å². The minimum Gasteiger partial charge on any atom is -0.352 e. The van der Waals surface area contributed by atoms with E-state index in [4.69, 9.17) is 0 Å². The third-order valence-corrected chi connectivity index (χ3v) is 5.03. The zero-order chi connectivity index (χ0) is 21.2. The number of nitrogens with zero attached hydrogens (tertiary/aromatic N) is 1. The molecular weight excluding hydrogens is 367 g/mol. The normalized spacial score (nSPS) is 12.8. The van der Waals surface area contributed by atoms with Crippen molar-refractivity contribution < 1.29 is 14.0 Å². The van der Waals surface area contributed by atoms with Gasteiger partial charge >= 0.3 is 0 Å². The van der Waals surface area contributed by atoms with Gasteiger partial charge in [-0.2, -0.15) is 0 Å². The number of carbonyl (C=O) groups is 2. The van der Waals surface area contributed by atoms with Gasteiger partial charge in [-0.15, -0.1) is 0 Å². The van der Waals surface area contributed by atoms with Crippen LogP contribution in [0.25, 0.3) is 0 Å². The molecule has 0 aromatic heterocycles. The molecule has 2 amide bonds. The van der Waals surface area contributed by atoms with Gasteiger partial charge in [-0.25, -0.2) is 4.39 Å². The lowest BCUT2D eigenvalue weighted by atomic mass is 10.0. The predicted octanol–water partition coefficient (Wildman–Crippen LogP) is 4.48. The van der Waals surface area contributed by atoms with Crippen LogP contribution in [0.1, 0.15) is 51.2 Å². The van der Waals surface area contributed by atoms with E-state index >= 15 is 0 Å². The fraction of sp³-hybridized carbons (Fsp3) is 0.417. The van der Waals surface area contributed by atoms with Crippen molar-refractivity contribution in [2.45, 2.75) is 65.1 Å². The summed E-state index contributed by atoms with van der Waals surface area (Å²) in [7, 11) is 0. The molecule has 2 aromatic rings. The number of benzene rings is 2. The summed E-state index contributed by atoms with van der Waals surface area (Å²) in [5.74, 6) is -0.720. The van der Waals surface area contributed by atoms with Gasteiger partial charge in [-0.1, -0.05) is 62.4 Å². The van der Waals surface area contributed by atoms with Gasteiger partial charge in [0.2, 0.25) is 11.8 Å². The molecule has 0 spiro atoms. The van der Waals surface area contributed by atoms with E-state index in [9.17, 15) is 14.0 Å². The van der Waals surface area contributed by atoms with Crippen LogP contribution in [-0.2, 0) is 22.6 Å². The Balaban J connectivity index is 2.39. The second-order valence-electron chi connectivity index (χ2n) is 7.39. The van der Waals surface area contributed by atoms with Crippen molar-refractivity contribution in [1.29, 1.82) is 0 Å². The maximum atomic E-state index is 14.3. The van der Waals surface area contributed by atoms with Crippen LogP contribution in [0, 0.1) is 5.82 Å². The Morgan fingerprint density at radius 2 is 1.69 bits per heavy atom. The van der Waals surface area contributed by atoms with Gasteiger partial charge in [-0.3, -0.25) is 9.59 Å². The van der Waals surface area contributed by atoms with Crippen LogP contribution in [0.15, 0.2) is 54.6 Å². The Morgan fingerprint density at radius 1 is 1.03 bits per heavy atom. The van der Waals surface area contributed by atoms with E-state index in [2.05, 4.69) is 5.32 Å². The molecule has 0 aliphatic rings. The number of carbonyl (C=O) groups excluding carboxylic acids is 2. The largest absolute Gasteiger partial charge is 0.352 e. The average Bonchev–Trinajstić information content (AvgIpc) is 2.72. The molecule has 29 heavy (non-hydrogen) atoms. The van der Waals surface area contributed by atoms with Gasteiger partial charge in [0, 0.05) is 31.0 Å². The van der Waals surface area contributed by atoms with E-state index in [1.165, 1.54) is 11.0 Å². The highest BCUT2D eigenvalue weighted by Gasteiger charge is 2.30. The molecule has 2 aromatic carbocycles. The van der Waals surface area contributed by atoms with Crippen molar-refractivity contribution in [2.75, 3.05) is 0 Å². The maximum Gasteiger partial charge on any atom is 0.243 e. The van der Waals surface area contributed by atoms with Crippen LogP contribution in [0.2, 0.25) is 0 Å². The Morgan fingerprint density at radius 3 is 2.31 bits per heavy atom. The van der Waals surface area contributed by atoms with Crippen LogP contribution in [0.3, 0.4) is 0 Å². The third kappa shape index (κ3) is 6.70. The molecule has 0 bridgehead atoms. The summed E-state index contributed by atoms with van der Waals surface area (Å²) in [5, 5.41) is 3.00. The molecule has 0 aliphatic carbocycles. The van der Waals surface area contributed by atoms with Gasteiger partial charge in [0.25, 0.3) is 0 Å². The summed E-state index contributed by atoms with van der Waals surface area (Å²) in [5.41, 5.74) is 1.37. The Hall–Kier alpha value is -2.69. The number of nitrogens with one attached hydrogen (secondary N) is 1. The van der Waals surface area contributed by atoms with Gasteiger partial charge in [0.05, 0.1) is 0 Å². The molecule has 4 nitrogen and oxygen atoms in total. The minimum absolute atomic E-state index is 0.00244. The van der Waals surface area contributed by atoms with E-state index in [0.29, 0.717) is 24.8 Å². The summed E-state index contributed by atoms with van der Waals surface area (Å²) in [6.07, 6.45) is 2.15. The molecule has 0 fully saturated rings. The molecule has 0 heterocycles. The Kier molecular flexibility index (Phi) is 8.84. The van der Waals surface area contributed by atoms with Gasteiger partial charge < -0.3 is 10.2 Å². The zero-order valence-corrected chi connectivity index (χ0v) is 17.5. The molecule has 1 N–H and O–H groups in total. The highest BCUT2D eigenvalue weighted by molar-refractivity contribution is 5.88. The molecule has 156 valence electrons. The van der Waals surface area contributed by atoms with E-state index < -0.39 is 6.04 Å². The quantitative estimate of drug-likeness (QED) is 0.641. The lowest BCUT2D eigenvalue weighted by Crippen LogP contribution is -2.52. The lowest BCUT2D eigenvalue weighted by molar-refractivity contribution is -0.141. The van der Waals surface area contributed by atoms with Crippen molar-refractivity contribution in [1.82, 2.24) is 10.2 Å². The van der Waals surface area contributed by atoms with E-state index in [0.717, 1.165) is 12.0 Å². The number of halogens is 1. The number of amides is 2. The SMILES string of the molecule is CCCC(=O)N(Cc1ccccc1F)[C@@H](Cc1ccccc1)C(=O)N[C@@H](C)CC. The van der Waals surface area contributed by atoms with E-state index in [-0.39, 0.29) is 30.2 Å². The van der Waals surface area contributed by atoms with Crippen LogP contribution in [-0.4, -0.2) is 28.8 Å². The van der Waals surface area contributed by atoms with Crippen molar-refractivity contribution in [3.8, 4) is 0 Å². The van der Waals surface area contributed by atoms with Gasteiger partial charge in [0.15, 0.2) is 0 Å². The second-order valence-corrected chi connectivity index (χ2v) is 7.39. The Labute approximate surface area is 173 Å². The third-order valence-electron chi connectivity index (χ3n) is 5.03. The summed E-state index contributed by atoms with van der Waals surface area (Å²) < 4.78 is 14.3. The summed E-state index contributed by atoms with van der Waals surface area (Å²) >= 11 is 0. The van der Waals surface area contributed by atoms with Crippen LogP contribution < -0.4 is 5.32 Å². The minimum atomic E-state index is -0.704. The lowest BCUT2D eigenvalue weighted by Gasteiger charge is -2.32. The molecule has 0 aliphatic heterocycles. The van der Waals surface area contributed by atoms with Gasteiger partial charge in [0.1, 0.15) is 11.9 Å². The molecule has 2 atom stereocenters. The molecular formula is C24H31FN2O2. The fourth-order valence-electron chi connectivity index (χ4n) is 3.16. The number of hydrogen-bond donors (Lipinski definition) is 1. The standard InChI is InChI=1S/C24H31FN2O2/c1-4-11-23(28)27(17-20-14-9-10-15-21(20)25)22(24(29)26-18(3)5-2)16-19-12-7-6-8-13-19/h6-10,12-15,18,22H,4-5,11,16-17H2,1-3H3,(H,26,29)/t18-,22-/m0/s1. The first-order valence-corrected chi connectivity index (χ1v) is 10.3. The van der Waals surface area contributed by atoms with E-state index in [1.54, 1.807) is 18.2 Å². The first-order valence-electron chi connectivity index (χ1n) is 10.3. The zero-order valence-electron chi connectivity index (χ0n) is 17.5. The number of rotatable bonds is 10. The highest BCUT2D eigenvalue weighted by Crippen LogP contribution is 2.18. The fourth-order valence-corrected chi connectivity index (χ4v) is 3.16. The maximum absolute atomic E-state index is 14.3. The van der Waals surface area contributed by atoms with Crippen molar-refractivity contribution >= 4 is 11.8 Å². The molecule has 2 rings (SSSR count). The summed E-state index contributed by atoms with van der Waals surface area (Å²) in [6, 6.07) is 15.3. The van der Waals surface area contributed by atoms with E-state index in [1.807, 2.05) is 51.1 Å². The molecule has 0 saturated carbocycles.